The van der Waals surface area contributed by atoms with E-state index in [2.05, 4.69) is 12.1 Å². The fourth-order valence-corrected chi connectivity index (χ4v) is 4.64. The van der Waals surface area contributed by atoms with Gasteiger partial charge in [0.1, 0.15) is 11.4 Å². The summed E-state index contributed by atoms with van der Waals surface area (Å²) in [6.07, 6.45) is 0.810. The van der Waals surface area contributed by atoms with Crippen LogP contribution in [0, 0.1) is 0 Å². The highest BCUT2D eigenvalue weighted by Gasteiger charge is 2.44. The zero-order chi connectivity index (χ0) is 22.9. The number of para-hydroxylation sites is 2. The fraction of sp³-hybridized carbons (Fsp3) is 0.185. The summed E-state index contributed by atoms with van der Waals surface area (Å²) >= 11 is 6.10. The molecule has 2 heterocycles. The second-order valence-electron chi connectivity index (χ2n) is 8.02. The van der Waals surface area contributed by atoms with Crippen LogP contribution < -0.4 is 9.64 Å². The summed E-state index contributed by atoms with van der Waals surface area (Å²) in [6, 6.07) is 22.4. The molecule has 3 aromatic carbocycles. The molecule has 0 saturated carbocycles. The maximum absolute atomic E-state index is 13.9. The number of hydrogen-bond acceptors (Lipinski definition) is 4. The lowest BCUT2D eigenvalue weighted by Crippen LogP contribution is -2.37. The van der Waals surface area contributed by atoms with Crippen molar-refractivity contribution in [2.24, 2.45) is 0 Å². The quantitative estimate of drug-likeness (QED) is 0.500. The number of fused-ring (bicyclic) bond motifs is 1. The fourth-order valence-electron chi connectivity index (χ4n) is 4.51. The van der Waals surface area contributed by atoms with Crippen molar-refractivity contribution < 1.29 is 14.3 Å². The van der Waals surface area contributed by atoms with Crippen LogP contribution in [-0.2, 0) is 22.6 Å². The van der Waals surface area contributed by atoms with Crippen molar-refractivity contribution in [1.82, 2.24) is 4.90 Å². The summed E-state index contributed by atoms with van der Waals surface area (Å²) in [4.78, 5) is 30.9. The van der Waals surface area contributed by atoms with E-state index in [0.29, 0.717) is 53.0 Å². The molecule has 0 saturated heterocycles. The van der Waals surface area contributed by atoms with E-state index < -0.39 is 0 Å². The van der Waals surface area contributed by atoms with Crippen LogP contribution >= 0.6 is 11.6 Å². The Morgan fingerprint density at radius 2 is 1.58 bits per heavy atom. The number of carbonyl (C=O) groups excluding carboxylic acids is 2. The van der Waals surface area contributed by atoms with E-state index in [0.717, 1.165) is 6.42 Å². The first-order valence-electron chi connectivity index (χ1n) is 11.0. The molecule has 0 aliphatic carbocycles. The van der Waals surface area contributed by atoms with Gasteiger partial charge in [0.15, 0.2) is 0 Å². The van der Waals surface area contributed by atoms with E-state index in [4.69, 9.17) is 16.3 Å². The van der Waals surface area contributed by atoms with Gasteiger partial charge in [0.05, 0.1) is 17.9 Å². The van der Waals surface area contributed by atoms with Gasteiger partial charge in [-0.3, -0.25) is 9.59 Å². The Kier molecular flexibility index (Phi) is 5.65. The molecule has 166 valence electrons. The Labute approximate surface area is 197 Å². The predicted molar refractivity (Wildman–Crippen MR) is 129 cm³/mol. The Bertz CT molecular complexity index is 1270. The second kappa shape index (κ2) is 8.75. The average Bonchev–Trinajstić information content (AvgIpc) is 3.10. The maximum atomic E-state index is 13.9. The number of rotatable bonds is 5. The molecule has 0 radical (unpaired) electrons. The minimum atomic E-state index is -0.358. The van der Waals surface area contributed by atoms with Crippen molar-refractivity contribution in [3.8, 4) is 5.75 Å². The Morgan fingerprint density at radius 3 is 2.33 bits per heavy atom. The standard InChI is InChI=1S/C27H23ClN2O3/c1-2-33-23-10-6-5-9-22(23)30-26(31)24(19-11-13-21(28)14-12-19)25(27(30)32)29-16-15-18-7-3-4-8-20(18)17-29/h3-14H,2,15-17H2,1H3. The van der Waals surface area contributed by atoms with E-state index in [1.807, 2.05) is 30.0 Å². The normalized spacial score (nSPS) is 15.8. The molecule has 6 heteroatoms. The molecule has 0 bridgehead atoms. The number of halogens is 1. The van der Waals surface area contributed by atoms with E-state index in [1.54, 1.807) is 42.5 Å². The second-order valence-corrected chi connectivity index (χ2v) is 8.45. The van der Waals surface area contributed by atoms with E-state index in [-0.39, 0.29) is 11.8 Å². The van der Waals surface area contributed by atoms with Crippen LogP contribution in [0.5, 0.6) is 5.75 Å². The van der Waals surface area contributed by atoms with Gasteiger partial charge in [0, 0.05) is 18.1 Å². The van der Waals surface area contributed by atoms with Crippen molar-refractivity contribution in [2.75, 3.05) is 18.1 Å². The summed E-state index contributed by atoms with van der Waals surface area (Å²) < 4.78 is 5.73. The third-order valence-electron chi connectivity index (χ3n) is 6.05. The molecule has 0 atom stereocenters. The van der Waals surface area contributed by atoms with Crippen LogP contribution in [0.15, 0.2) is 78.5 Å². The minimum absolute atomic E-state index is 0.337. The SMILES string of the molecule is CCOc1ccccc1N1C(=O)C(c2ccc(Cl)cc2)=C(N2CCc3ccccc3C2)C1=O. The molecular formula is C27H23ClN2O3. The zero-order valence-corrected chi connectivity index (χ0v) is 19.0. The van der Waals surface area contributed by atoms with Crippen LogP contribution in [0.4, 0.5) is 5.69 Å². The monoisotopic (exact) mass is 458 g/mol. The summed E-state index contributed by atoms with van der Waals surface area (Å²) in [5, 5.41) is 0.572. The molecule has 5 nitrogen and oxygen atoms in total. The third kappa shape index (κ3) is 3.79. The molecule has 3 aromatic rings. The van der Waals surface area contributed by atoms with E-state index >= 15 is 0 Å². The smallest absolute Gasteiger partial charge is 0.282 e. The molecule has 2 aliphatic rings. The highest BCUT2D eigenvalue weighted by Crippen LogP contribution is 2.40. The lowest BCUT2D eigenvalue weighted by molar-refractivity contribution is -0.120. The lowest BCUT2D eigenvalue weighted by Gasteiger charge is -2.31. The number of imide groups is 1. The molecule has 0 fully saturated rings. The summed E-state index contributed by atoms with van der Waals surface area (Å²) in [7, 11) is 0. The van der Waals surface area contributed by atoms with E-state index in [1.165, 1.54) is 16.0 Å². The van der Waals surface area contributed by atoms with Crippen molar-refractivity contribution in [3.05, 3.63) is 100 Å². The van der Waals surface area contributed by atoms with E-state index in [9.17, 15) is 9.59 Å². The number of ether oxygens (including phenoxy) is 1. The van der Waals surface area contributed by atoms with Crippen LogP contribution in [0.3, 0.4) is 0 Å². The summed E-state index contributed by atoms with van der Waals surface area (Å²) in [5.74, 6) is -0.192. The van der Waals surface area contributed by atoms with Gasteiger partial charge in [0.25, 0.3) is 11.8 Å². The van der Waals surface area contributed by atoms with Gasteiger partial charge in [0.2, 0.25) is 0 Å². The van der Waals surface area contributed by atoms with Gasteiger partial charge < -0.3 is 9.64 Å². The number of carbonyl (C=O) groups is 2. The first-order chi connectivity index (χ1) is 16.1. The number of nitrogens with zero attached hydrogens (tertiary/aromatic N) is 2. The predicted octanol–water partition coefficient (Wildman–Crippen LogP) is 5.08. The molecule has 33 heavy (non-hydrogen) atoms. The first kappa shape index (κ1) is 21.3. The zero-order valence-electron chi connectivity index (χ0n) is 18.3. The molecule has 2 amide bonds. The molecule has 5 rings (SSSR count). The Balaban J connectivity index is 1.62. The van der Waals surface area contributed by atoms with Crippen molar-refractivity contribution in [2.45, 2.75) is 19.9 Å². The molecule has 0 spiro atoms. The number of benzene rings is 3. The molecule has 0 unspecified atom stereocenters. The van der Waals surface area contributed by atoms with Crippen molar-refractivity contribution in [1.29, 1.82) is 0 Å². The van der Waals surface area contributed by atoms with Gasteiger partial charge in [-0.2, -0.15) is 0 Å². The number of anilines is 1. The molecule has 0 N–H and O–H groups in total. The van der Waals surface area contributed by atoms with Crippen molar-refractivity contribution in [3.63, 3.8) is 0 Å². The Hall–Kier alpha value is -3.57. The van der Waals surface area contributed by atoms with Gasteiger partial charge in [-0.25, -0.2) is 4.90 Å². The first-order valence-corrected chi connectivity index (χ1v) is 11.4. The topological polar surface area (TPSA) is 49.9 Å². The molecular weight excluding hydrogens is 436 g/mol. The van der Waals surface area contributed by atoms with Crippen LogP contribution in [0.1, 0.15) is 23.6 Å². The van der Waals surface area contributed by atoms with Gasteiger partial charge in [-0.15, -0.1) is 0 Å². The Morgan fingerprint density at radius 1 is 0.879 bits per heavy atom. The summed E-state index contributed by atoms with van der Waals surface area (Å²) in [6.45, 7) is 3.53. The van der Waals surface area contributed by atoms with Gasteiger partial charge >= 0.3 is 0 Å². The van der Waals surface area contributed by atoms with Gasteiger partial charge in [-0.1, -0.05) is 60.1 Å². The van der Waals surface area contributed by atoms with Gasteiger partial charge in [-0.05, 0) is 54.3 Å². The largest absolute Gasteiger partial charge is 0.492 e. The molecule has 0 aromatic heterocycles. The minimum Gasteiger partial charge on any atom is -0.492 e. The maximum Gasteiger partial charge on any atom is 0.282 e. The number of amides is 2. The van der Waals surface area contributed by atoms with Crippen LogP contribution in [0.2, 0.25) is 5.02 Å². The van der Waals surface area contributed by atoms with Crippen molar-refractivity contribution >= 4 is 34.7 Å². The van der Waals surface area contributed by atoms with Crippen LogP contribution in [-0.4, -0.2) is 29.9 Å². The molecule has 2 aliphatic heterocycles. The highest BCUT2D eigenvalue weighted by molar-refractivity contribution is 6.45. The van der Waals surface area contributed by atoms with Crippen LogP contribution in [0.25, 0.3) is 5.57 Å². The average molecular weight is 459 g/mol. The highest BCUT2D eigenvalue weighted by atomic mass is 35.5. The number of hydrogen-bond donors (Lipinski definition) is 0. The lowest BCUT2D eigenvalue weighted by atomic mass is 9.98. The third-order valence-corrected chi connectivity index (χ3v) is 6.30. The summed E-state index contributed by atoms with van der Waals surface area (Å²) in [5.41, 5.74) is 4.37.